The molecule has 0 radical (unpaired) electrons. The maximum absolute atomic E-state index is 10.9. The van der Waals surface area contributed by atoms with Crippen LogP contribution < -0.4 is 9.64 Å². The van der Waals surface area contributed by atoms with E-state index in [1.165, 1.54) is 34.3 Å². The minimum Gasteiger partial charge on any atom is -0.457 e. The molecule has 2 fully saturated rings. The molecule has 1 amide bonds. The number of carbonyl (C=O) groups excluding carboxylic acids is 1. The van der Waals surface area contributed by atoms with Gasteiger partial charge in [-0.05, 0) is 42.5 Å². The highest BCUT2D eigenvalue weighted by Gasteiger charge is 2.30. The first kappa shape index (κ1) is 18.7. The third kappa shape index (κ3) is 4.25. The van der Waals surface area contributed by atoms with Gasteiger partial charge in [-0.1, -0.05) is 61.8 Å². The van der Waals surface area contributed by atoms with Crippen molar-refractivity contribution in [3.8, 4) is 11.5 Å². The molecule has 1 heterocycles. The summed E-state index contributed by atoms with van der Waals surface area (Å²) >= 11 is 1.41. The third-order valence-electron chi connectivity index (χ3n) is 5.49. The van der Waals surface area contributed by atoms with E-state index in [0.717, 1.165) is 21.7 Å². The van der Waals surface area contributed by atoms with Crippen LogP contribution in [0.5, 0.6) is 11.5 Å². The molecule has 0 saturated heterocycles. The lowest BCUT2D eigenvalue weighted by Gasteiger charge is -2.05. The number of anilines is 1. The van der Waals surface area contributed by atoms with Gasteiger partial charge < -0.3 is 4.74 Å². The standard InChI is InChI=1S/C16H12N2O2S.C7H12/c1-2-18(11-19)16-17-14-9-8-13(10-15(14)21-16)20-12-6-4-3-5-7-12;1-2-7-4-3-6(1)5-7/h2-11H,1H2;6-7H,1-5H2. The lowest BCUT2D eigenvalue weighted by Crippen LogP contribution is -2.11. The molecular formula is C23H24N2O2S. The fourth-order valence-electron chi connectivity index (χ4n) is 4.03. The van der Waals surface area contributed by atoms with Crippen molar-refractivity contribution in [3.63, 3.8) is 0 Å². The Bertz CT molecular complexity index is 928. The summed E-state index contributed by atoms with van der Waals surface area (Å²) in [6.45, 7) is 3.59. The quantitative estimate of drug-likeness (QED) is 0.472. The van der Waals surface area contributed by atoms with Crippen LogP contribution in [0.1, 0.15) is 32.1 Å². The number of aromatic nitrogens is 1. The van der Waals surface area contributed by atoms with Crippen LogP contribution in [0, 0.1) is 11.8 Å². The van der Waals surface area contributed by atoms with Crippen LogP contribution in [0.15, 0.2) is 61.3 Å². The summed E-state index contributed by atoms with van der Waals surface area (Å²) in [4.78, 5) is 16.7. The van der Waals surface area contributed by atoms with Crippen LogP contribution in [0.4, 0.5) is 5.13 Å². The Balaban J connectivity index is 0.000000227. The van der Waals surface area contributed by atoms with Gasteiger partial charge in [0.2, 0.25) is 6.41 Å². The van der Waals surface area contributed by atoms with Crippen LogP contribution in [-0.2, 0) is 4.79 Å². The third-order valence-corrected chi connectivity index (χ3v) is 6.52. The number of amides is 1. The van der Waals surface area contributed by atoms with E-state index in [0.29, 0.717) is 11.5 Å². The Morgan fingerprint density at radius 1 is 1.04 bits per heavy atom. The summed E-state index contributed by atoms with van der Waals surface area (Å²) in [6, 6.07) is 15.2. The van der Waals surface area contributed by atoms with E-state index >= 15 is 0 Å². The number of thiazole rings is 1. The van der Waals surface area contributed by atoms with E-state index in [1.54, 1.807) is 32.1 Å². The average molecular weight is 393 g/mol. The number of benzene rings is 2. The van der Waals surface area contributed by atoms with Crippen LogP contribution >= 0.6 is 11.3 Å². The Labute approximate surface area is 169 Å². The van der Waals surface area contributed by atoms with Gasteiger partial charge in [-0.3, -0.25) is 9.69 Å². The fourth-order valence-corrected chi connectivity index (χ4v) is 4.99. The van der Waals surface area contributed by atoms with Gasteiger partial charge in [0.25, 0.3) is 0 Å². The van der Waals surface area contributed by atoms with Crippen molar-refractivity contribution in [2.75, 3.05) is 4.90 Å². The van der Waals surface area contributed by atoms with Crippen molar-refractivity contribution in [1.82, 2.24) is 4.98 Å². The first-order valence-electron chi connectivity index (χ1n) is 9.75. The van der Waals surface area contributed by atoms with Crippen LogP contribution in [0.25, 0.3) is 10.2 Å². The minimum atomic E-state index is 0.590. The molecule has 2 saturated carbocycles. The molecule has 144 valence electrons. The van der Waals surface area contributed by atoms with E-state index in [2.05, 4.69) is 11.6 Å². The Morgan fingerprint density at radius 3 is 2.32 bits per heavy atom. The van der Waals surface area contributed by atoms with Gasteiger partial charge in [-0.25, -0.2) is 4.98 Å². The van der Waals surface area contributed by atoms with Gasteiger partial charge in [0, 0.05) is 12.3 Å². The monoisotopic (exact) mass is 392 g/mol. The highest BCUT2D eigenvalue weighted by molar-refractivity contribution is 7.22. The van der Waals surface area contributed by atoms with E-state index in [4.69, 9.17) is 4.74 Å². The Morgan fingerprint density at radius 2 is 1.75 bits per heavy atom. The molecule has 28 heavy (non-hydrogen) atoms. The van der Waals surface area contributed by atoms with Crippen molar-refractivity contribution >= 4 is 33.1 Å². The van der Waals surface area contributed by atoms with Crippen molar-refractivity contribution in [2.45, 2.75) is 32.1 Å². The largest absolute Gasteiger partial charge is 0.457 e. The summed E-state index contributed by atoms with van der Waals surface area (Å²) in [5.41, 5.74) is 0.823. The molecule has 0 unspecified atom stereocenters. The Kier molecular flexibility index (Phi) is 5.72. The number of hydrogen-bond acceptors (Lipinski definition) is 4. The van der Waals surface area contributed by atoms with E-state index in [-0.39, 0.29) is 0 Å². The van der Waals surface area contributed by atoms with Crippen LogP contribution in [0.2, 0.25) is 0 Å². The second kappa shape index (κ2) is 8.57. The number of fused-ring (bicyclic) bond motifs is 3. The van der Waals surface area contributed by atoms with Crippen LogP contribution in [0.3, 0.4) is 0 Å². The number of ether oxygens (including phenoxy) is 1. The molecule has 2 aromatic carbocycles. The van der Waals surface area contributed by atoms with E-state index in [1.807, 2.05) is 48.5 Å². The van der Waals surface area contributed by atoms with Crippen molar-refractivity contribution < 1.29 is 9.53 Å². The highest BCUT2D eigenvalue weighted by Crippen LogP contribution is 2.43. The lowest BCUT2D eigenvalue weighted by molar-refractivity contribution is -0.106. The van der Waals surface area contributed by atoms with E-state index < -0.39 is 0 Å². The summed E-state index contributed by atoms with van der Waals surface area (Å²) < 4.78 is 6.74. The average Bonchev–Trinajstić information content (AvgIpc) is 3.47. The zero-order chi connectivity index (χ0) is 19.3. The van der Waals surface area contributed by atoms with Gasteiger partial charge in [0.05, 0.1) is 10.2 Å². The molecule has 0 aliphatic heterocycles. The first-order chi connectivity index (χ1) is 13.7. The second-order valence-corrected chi connectivity index (χ2v) is 8.37. The minimum absolute atomic E-state index is 0.590. The summed E-state index contributed by atoms with van der Waals surface area (Å²) in [5, 5.41) is 0.590. The maximum Gasteiger partial charge on any atom is 0.220 e. The number of para-hydroxylation sites is 1. The molecule has 2 bridgehead atoms. The number of carbonyl (C=O) groups is 1. The topological polar surface area (TPSA) is 42.4 Å². The van der Waals surface area contributed by atoms with Crippen LogP contribution in [-0.4, -0.2) is 11.4 Å². The normalized spacial score (nSPS) is 19.7. The first-order valence-corrected chi connectivity index (χ1v) is 10.6. The van der Waals surface area contributed by atoms with Gasteiger partial charge in [-0.2, -0.15) is 0 Å². The van der Waals surface area contributed by atoms with Gasteiger partial charge in [0.15, 0.2) is 5.13 Å². The molecule has 5 heteroatoms. The molecule has 2 aliphatic rings. The lowest BCUT2D eigenvalue weighted by atomic mass is 10.0. The second-order valence-electron chi connectivity index (χ2n) is 7.36. The smallest absolute Gasteiger partial charge is 0.220 e. The Hall–Kier alpha value is -2.66. The maximum atomic E-state index is 10.9. The molecule has 2 aliphatic carbocycles. The summed E-state index contributed by atoms with van der Waals surface area (Å²) in [6.07, 6.45) is 9.95. The molecule has 0 N–H and O–H groups in total. The molecule has 4 nitrogen and oxygen atoms in total. The summed E-state index contributed by atoms with van der Waals surface area (Å²) in [7, 11) is 0. The predicted octanol–water partition coefficient (Wildman–Crippen LogP) is 6.39. The molecule has 1 aromatic heterocycles. The highest BCUT2D eigenvalue weighted by atomic mass is 32.1. The van der Waals surface area contributed by atoms with Gasteiger partial charge in [0.1, 0.15) is 11.5 Å². The predicted molar refractivity (Wildman–Crippen MR) is 115 cm³/mol. The number of hydrogen-bond donors (Lipinski definition) is 0. The molecule has 0 spiro atoms. The zero-order valence-electron chi connectivity index (χ0n) is 15.8. The molecular weight excluding hydrogens is 368 g/mol. The molecule has 5 rings (SSSR count). The molecule has 0 atom stereocenters. The summed E-state index contributed by atoms with van der Waals surface area (Å²) in [5.74, 6) is 3.86. The fraction of sp³-hybridized carbons (Fsp3) is 0.304. The SMILES string of the molecule is C1CC2CCC1C2.C=CN(C=O)c1nc2ccc(Oc3ccccc3)cc2s1. The number of rotatable bonds is 5. The van der Waals surface area contributed by atoms with Crippen molar-refractivity contribution in [3.05, 3.63) is 61.3 Å². The zero-order valence-corrected chi connectivity index (χ0v) is 16.6. The van der Waals surface area contributed by atoms with Gasteiger partial charge >= 0.3 is 0 Å². The van der Waals surface area contributed by atoms with Crippen molar-refractivity contribution in [2.24, 2.45) is 11.8 Å². The van der Waals surface area contributed by atoms with Crippen molar-refractivity contribution in [1.29, 1.82) is 0 Å². The van der Waals surface area contributed by atoms with E-state index in [9.17, 15) is 4.79 Å². The van der Waals surface area contributed by atoms with Gasteiger partial charge in [-0.15, -0.1) is 0 Å². The molecule has 3 aromatic rings. The number of nitrogens with zero attached hydrogens (tertiary/aromatic N) is 2.